The van der Waals surface area contributed by atoms with E-state index >= 15 is 0 Å². The number of likely N-dealkylation sites (N-methyl/N-ethyl adjacent to an activating group) is 1. The van der Waals surface area contributed by atoms with E-state index in [0.29, 0.717) is 18.1 Å². The molecule has 1 aromatic heterocycles. The van der Waals surface area contributed by atoms with Gasteiger partial charge in [0.05, 0.1) is 18.5 Å². The summed E-state index contributed by atoms with van der Waals surface area (Å²) in [7, 11) is 1.61. The molecule has 0 unspecified atom stereocenters. The molecule has 0 aliphatic rings. The van der Waals surface area contributed by atoms with Gasteiger partial charge in [0, 0.05) is 23.7 Å². The standard InChI is InChI=1S/C26H33N5O3/c1-7-30(25(33)27-19-10-8-9-18(2)15-19)17-24(32)28-23-16-22(26(3,4)5)29-31(23)20-11-13-21(34-6)14-12-20/h8-16H,7,17H2,1-6H3,(H,27,33)(H,28,32). The first kappa shape index (κ1) is 24.8. The topological polar surface area (TPSA) is 88.5 Å². The smallest absolute Gasteiger partial charge is 0.322 e. The summed E-state index contributed by atoms with van der Waals surface area (Å²) in [6.45, 7) is 10.3. The molecule has 0 saturated carbocycles. The number of hydrogen-bond acceptors (Lipinski definition) is 4. The number of carbonyl (C=O) groups excluding carboxylic acids is 2. The second-order valence-corrected chi connectivity index (χ2v) is 9.14. The number of urea groups is 1. The van der Waals surface area contributed by atoms with Crippen molar-refractivity contribution >= 4 is 23.4 Å². The molecule has 3 amide bonds. The highest BCUT2D eigenvalue weighted by Gasteiger charge is 2.23. The van der Waals surface area contributed by atoms with E-state index in [1.807, 2.05) is 68.4 Å². The number of methoxy groups -OCH3 is 1. The highest BCUT2D eigenvalue weighted by atomic mass is 16.5. The normalized spacial score (nSPS) is 11.1. The number of rotatable bonds is 7. The molecule has 3 aromatic rings. The molecule has 0 aliphatic heterocycles. The second kappa shape index (κ2) is 10.4. The molecule has 8 nitrogen and oxygen atoms in total. The van der Waals surface area contributed by atoms with E-state index in [-0.39, 0.29) is 23.9 Å². The predicted octanol–water partition coefficient (Wildman–Crippen LogP) is 4.98. The van der Waals surface area contributed by atoms with Crippen LogP contribution >= 0.6 is 0 Å². The van der Waals surface area contributed by atoms with Crippen LogP contribution in [0.1, 0.15) is 39.0 Å². The van der Waals surface area contributed by atoms with Crippen molar-refractivity contribution in [2.75, 3.05) is 30.8 Å². The number of amides is 3. The van der Waals surface area contributed by atoms with E-state index in [1.54, 1.807) is 11.8 Å². The molecule has 0 radical (unpaired) electrons. The minimum absolute atomic E-state index is 0.0905. The van der Waals surface area contributed by atoms with Gasteiger partial charge in [0.25, 0.3) is 0 Å². The van der Waals surface area contributed by atoms with Gasteiger partial charge in [-0.15, -0.1) is 0 Å². The molecular formula is C26H33N5O3. The number of ether oxygens (including phenoxy) is 1. The Morgan fingerprint density at radius 3 is 2.35 bits per heavy atom. The molecule has 8 heteroatoms. The van der Waals surface area contributed by atoms with Crippen LogP contribution in [-0.4, -0.2) is 46.8 Å². The Hall–Kier alpha value is -3.81. The van der Waals surface area contributed by atoms with Crippen molar-refractivity contribution in [1.82, 2.24) is 14.7 Å². The number of hydrogen-bond donors (Lipinski definition) is 2. The van der Waals surface area contributed by atoms with Crippen LogP contribution in [0.15, 0.2) is 54.6 Å². The van der Waals surface area contributed by atoms with E-state index in [1.165, 1.54) is 4.90 Å². The van der Waals surface area contributed by atoms with E-state index < -0.39 is 0 Å². The van der Waals surface area contributed by atoms with Crippen molar-refractivity contribution in [3.8, 4) is 11.4 Å². The summed E-state index contributed by atoms with van der Waals surface area (Å²) in [5, 5.41) is 10.5. The van der Waals surface area contributed by atoms with Gasteiger partial charge < -0.3 is 20.3 Å². The van der Waals surface area contributed by atoms with Crippen LogP contribution in [0.3, 0.4) is 0 Å². The van der Waals surface area contributed by atoms with Crippen molar-refractivity contribution in [2.45, 2.75) is 40.0 Å². The van der Waals surface area contributed by atoms with Crippen LogP contribution in [0, 0.1) is 6.92 Å². The highest BCUT2D eigenvalue weighted by molar-refractivity contribution is 5.96. The van der Waals surface area contributed by atoms with Gasteiger partial charge in [0.1, 0.15) is 18.1 Å². The molecular weight excluding hydrogens is 430 g/mol. The second-order valence-electron chi connectivity index (χ2n) is 9.14. The zero-order valence-corrected chi connectivity index (χ0v) is 20.7. The van der Waals surface area contributed by atoms with Crippen molar-refractivity contribution < 1.29 is 14.3 Å². The summed E-state index contributed by atoms with van der Waals surface area (Å²) < 4.78 is 6.94. The summed E-state index contributed by atoms with van der Waals surface area (Å²) in [5.41, 5.74) is 3.15. The molecule has 1 heterocycles. The number of nitrogens with one attached hydrogen (secondary N) is 2. The zero-order chi connectivity index (χ0) is 24.9. The highest BCUT2D eigenvalue weighted by Crippen LogP contribution is 2.27. The van der Waals surface area contributed by atoms with Gasteiger partial charge in [-0.1, -0.05) is 32.9 Å². The number of aromatic nitrogens is 2. The number of nitrogens with zero attached hydrogens (tertiary/aromatic N) is 3. The van der Waals surface area contributed by atoms with E-state index in [4.69, 9.17) is 9.84 Å². The third-order valence-electron chi connectivity index (χ3n) is 5.34. The first-order valence-electron chi connectivity index (χ1n) is 11.3. The molecule has 0 atom stereocenters. The summed E-state index contributed by atoms with van der Waals surface area (Å²) >= 11 is 0. The molecule has 2 N–H and O–H groups in total. The minimum atomic E-state index is -0.331. The van der Waals surface area contributed by atoms with Crippen LogP contribution in [-0.2, 0) is 10.2 Å². The van der Waals surface area contributed by atoms with Crippen molar-refractivity contribution in [3.63, 3.8) is 0 Å². The maximum atomic E-state index is 12.9. The Labute approximate surface area is 200 Å². The fourth-order valence-electron chi connectivity index (χ4n) is 3.37. The van der Waals surface area contributed by atoms with Gasteiger partial charge >= 0.3 is 6.03 Å². The molecule has 0 spiro atoms. The third-order valence-corrected chi connectivity index (χ3v) is 5.34. The van der Waals surface area contributed by atoms with Crippen molar-refractivity contribution in [3.05, 3.63) is 65.9 Å². The lowest BCUT2D eigenvalue weighted by molar-refractivity contribution is -0.116. The molecule has 0 aliphatic carbocycles. The molecule has 34 heavy (non-hydrogen) atoms. The summed E-state index contributed by atoms with van der Waals surface area (Å²) in [5.74, 6) is 0.961. The number of benzene rings is 2. The Balaban J connectivity index is 1.78. The lowest BCUT2D eigenvalue weighted by atomic mass is 9.92. The van der Waals surface area contributed by atoms with E-state index in [2.05, 4.69) is 31.4 Å². The SMILES string of the molecule is CCN(CC(=O)Nc1cc(C(C)(C)C)nn1-c1ccc(OC)cc1)C(=O)Nc1cccc(C)c1. The first-order valence-corrected chi connectivity index (χ1v) is 11.3. The molecule has 0 bridgehead atoms. The van der Waals surface area contributed by atoms with Gasteiger partial charge in [-0.25, -0.2) is 9.48 Å². The summed E-state index contributed by atoms with van der Waals surface area (Å²) in [6.07, 6.45) is 0. The fraction of sp³-hybridized carbons (Fsp3) is 0.346. The van der Waals surface area contributed by atoms with Gasteiger partial charge in [0.15, 0.2) is 0 Å². The number of anilines is 2. The Kier molecular flexibility index (Phi) is 7.61. The average Bonchev–Trinajstić information content (AvgIpc) is 3.21. The Morgan fingerprint density at radius 2 is 1.76 bits per heavy atom. The van der Waals surface area contributed by atoms with Gasteiger partial charge in [0.2, 0.25) is 5.91 Å². The average molecular weight is 464 g/mol. The lowest BCUT2D eigenvalue weighted by Crippen LogP contribution is -2.40. The van der Waals surface area contributed by atoms with Crippen molar-refractivity contribution in [1.29, 1.82) is 0 Å². The number of aryl methyl sites for hydroxylation is 1. The molecule has 2 aromatic carbocycles. The van der Waals surface area contributed by atoms with Crippen LogP contribution < -0.4 is 15.4 Å². The van der Waals surface area contributed by atoms with Gasteiger partial charge in [-0.2, -0.15) is 5.10 Å². The molecule has 180 valence electrons. The Bertz CT molecular complexity index is 1150. The quantitative estimate of drug-likeness (QED) is 0.517. The lowest BCUT2D eigenvalue weighted by Gasteiger charge is -2.21. The molecule has 0 saturated heterocycles. The number of carbonyl (C=O) groups is 2. The Morgan fingerprint density at radius 1 is 1.06 bits per heavy atom. The fourth-order valence-corrected chi connectivity index (χ4v) is 3.37. The predicted molar refractivity (Wildman–Crippen MR) is 135 cm³/mol. The first-order chi connectivity index (χ1) is 16.1. The minimum Gasteiger partial charge on any atom is -0.497 e. The third kappa shape index (κ3) is 6.15. The largest absolute Gasteiger partial charge is 0.497 e. The summed E-state index contributed by atoms with van der Waals surface area (Å²) in [6, 6.07) is 16.5. The molecule has 3 rings (SSSR count). The monoisotopic (exact) mass is 463 g/mol. The maximum Gasteiger partial charge on any atom is 0.322 e. The van der Waals surface area contributed by atoms with Gasteiger partial charge in [-0.05, 0) is 55.8 Å². The van der Waals surface area contributed by atoms with Crippen LogP contribution in [0.4, 0.5) is 16.3 Å². The van der Waals surface area contributed by atoms with Crippen LogP contribution in [0.5, 0.6) is 5.75 Å². The molecule has 0 fully saturated rings. The van der Waals surface area contributed by atoms with E-state index in [9.17, 15) is 9.59 Å². The summed E-state index contributed by atoms with van der Waals surface area (Å²) in [4.78, 5) is 27.1. The maximum absolute atomic E-state index is 12.9. The van der Waals surface area contributed by atoms with Crippen molar-refractivity contribution in [2.24, 2.45) is 0 Å². The van der Waals surface area contributed by atoms with Gasteiger partial charge in [-0.3, -0.25) is 4.79 Å². The van der Waals surface area contributed by atoms with Crippen LogP contribution in [0.25, 0.3) is 5.69 Å². The van der Waals surface area contributed by atoms with Crippen LogP contribution in [0.2, 0.25) is 0 Å². The zero-order valence-electron chi connectivity index (χ0n) is 20.7. The van der Waals surface area contributed by atoms with E-state index in [0.717, 1.165) is 22.7 Å².